The summed E-state index contributed by atoms with van der Waals surface area (Å²) in [7, 11) is 0. The first-order valence-electron chi connectivity index (χ1n) is 6.18. The maximum absolute atomic E-state index is 8.86. The Hall–Kier alpha value is -0.590. The monoisotopic (exact) mass is 207 g/mol. The SMILES string of the molecule is CC(C#N)N1CCC(C2CCCN2)CC1. The second kappa shape index (κ2) is 4.96. The second-order valence-corrected chi connectivity index (χ2v) is 4.88. The summed E-state index contributed by atoms with van der Waals surface area (Å²) < 4.78 is 0. The van der Waals surface area contributed by atoms with E-state index in [-0.39, 0.29) is 6.04 Å². The molecule has 0 aromatic rings. The van der Waals surface area contributed by atoms with Crippen molar-refractivity contribution in [2.75, 3.05) is 19.6 Å². The molecule has 84 valence electrons. The van der Waals surface area contributed by atoms with E-state index in [9.17, 15) is 0 Å². The zero-order valence-electron chi connectivity index (χ0n) is 9.58. The lowest BCUT2D eigenvalue weighted by atomic mass is 9.88. The van der Waals surface area contributed by atoms with E-state index in [1.54, 1.807) is 0 Å². The summed E-state index contributed by atoms with van der Waals surface area (Å²) in [6.45, 7) is 5.43. The van der Waals surface area contributed by atoms with E-state index in [0.717, 1.165) is 25.0 Å². The van der Waals surface area contributed by atoms with Crippen molar-refractivity contribution in [3.05, 3.63) is 0 Å². The Labute approximate surface area is 92.4 Å². The molecule has 2 rings (SSSR count). The molecule has 2 fully saturated rings. The Kier molecular flexibility index (Phi) is 3.61. The Morgan fingerprint density at radius 2 is 2.07 bits per heavy atom. The first kappa shape index (κ1) is 10.9. The number of piperidine rings is 1. The normalized spacial score (nSPS) is 31.3. The fourth-order valence-corrected chi connectivity index (χ4v) is 2.90. The van der Waals surface area contributed by atoms with Crippen molar-refractivity contribution in [2.24, 2.45) is 5.92 Å². The molecular weight excluding hydrogens is 186 g/mol. The maximum Gasteiger partial charge on any atom is 0.0949 e. The van der Waals surface area contributed by atoms with Crippen molar-refractivity contribution in [1.29, 1.82) is 5.26 Å². The smallest absolute Gasteiger partial charge is 0.0949 e. The summed E-state index contributed by atoms with van der Waals surface area (Å²) in [5.41, 5.74) is 0. The summed E-state index contributed by atoms with van der Waals surface area (Å²) in [4.78, 5) is 2.31. The third-order valence-electron chi connectivity index (χ3n) is 3.98. The molecular formula is C12H21N3. The Morgan fingerprint density at radius 3 is 2.60 bits per heavy atom. The highest BCUT2D eigenvalue weighted by Gasteiger charge is 2.29. The lowest BCUT2D eigenvalue weighted by Crippen LogP contribution is -2.43. The number of nitriles is 1. The first-order chi connectivity index (χ1) is 7.31. The maximum atomic E-state index is 8.86. The van der Waals surface area contributed by atoms with Gasteiger partial charge in [0.15, 0.2) is 0 Å². The van der Waals surface area contributed by atoms with Crippen LogP contribution in [0.1, 0.15) is 32.6 Å². The van der Waals surface area contributed by atoms with Crippen LogP contribution in [-0.2, 0) is 0 Å². The highest BCUT2D eigenvalue weighted by Crippen LogP contribution is 2.26. The molecule has 0 saturated carbocycles. The Balaban J connectivity index is 1.79. The number of rotatable bonds is 2. The van der Waals surface area contributed by atoms with Gasteiger partial charge in [0.05, 0.1) is 12.1 Å². The van der Waals surface area contributed by atoms with Crippen molar-refractivity contribution >= 4 is 0 Å². The van der Waals surface area contributed by atoms with Crippen LogP contribution in [0.25, 0.3) is 0 Å². The van der Waals surface area contributed by atoms with Crippen molar-refractivity contribution in [3.8, 4) is 6.07 Å². The van der Waals surface area contributed by atoms with Crippen LogP contribution in [0.3, 0.4) is 0 Å². The predicted molar refractivity (Wildman–Crippen MR) is 60.4 cm³/mol. The van der Waals surface area contributed by atoms with Gasteiger partial charge in [-0.15, -0.1) is 0 Å². The second-order valence-electron chi connectivity index (χ2n) is 4.88. The van der Waals surface area contributed by atoms with Crippen LogP contribution in [0.5, 0.6) is 0 Å². The highest BCUT2D eigenvalue weighted by molar-refractivity contribution is 4.92. The zero-order valence-corrected chi connectivity index (χ0v) is 9.58. The van der Waals surface area contributed by atoms with Crippen LogP contribution in [0.2, 0.25) is 0 Å². The van der Waals surface area contributed by atoms with Gasteiger partial charge in [-0.1, -0.05) is 0 Å². The summed E-state index contributed by atoms with van der Waals surface area (Å²) >= 11 is 0. The van der Waals surface area contributed by atoms with E-state index < -0.39 is 0 Å². The lowest BCUT2D eigenvalue weighted by Gasteiger charge is -2.35. The van der Waals surface area contributed by atoms with Crippen molar-refractivity contribution in [2.45, 2.75) is 44.7 Å². The Morgan fingerprint density at radius 1 is 1.33 bits per heavy atom. The van der Waals surface area contributed by atoms with Gasteiger partial charge in [0.2, 0.25) is 0 Å². The minimum absolute atomic E-state index is 0.0995. The van der Waals surface area contributed by atoms with Crippen LogP contribution in [0.4, 0.5) is 0 Å². The average molecular weight is 207 g/mol. The van der Waals surface area contributed by atoms with Gasteiger partial charge in [0.1, 0.15) is 0 Å². The molecule has 2 aliphatic rings. The van der Waals surface area contributed by atoms with Crippen LogP contribution in [-0.4, -0.2) is 36.6 Å². The van der Waals surface area contributed by atoms with Crippen LogP contribution in [0, 0.1) is 17.2 Å². The molecule has 0 spiro atoms. The van der Waals surface area contributed by atoms with E-state index >= 15 is 0 Å². The lowest BCUT2D eigenvalue weighted by molar-refractivity contribution is 0.147. The molecule has 3 heteroatoms. The third kappa shape index (κ3) is 2.50. The van der Waals surface area contributed by atoms with Gasteiger partial charge >= 0.3 is 0 Å². The number of hydrogen-bond acceptors (Lipinski definition) is 3. The number of nitrogens with one attached hydrogen (secondary N) is 1. The molecule has 2 heterocycles. The van der Waals surface area contributed by atoms with Gasteiger partial charge in [-0.25, -0.2) is 0 Å². The minimum Gasteiger partial charge on any atom is -0.314 e. The molecule has 2 unspecified atom stereocenters. The molecule has 0 radical (unpaired) electrons. The van der Waals surface area contributed by atoms with Gasteiger partial charge in [-0.3, -0.25) is 4.90 Å². The van der Waals surface area contributed by atoms with Crippen LogP contribution < -0.4 is 5.32 Å². The van der Waals surface area contributed by atoms with E-state index in [0.29, 0.717) is 0 Å². The molecule has 0 bridgehead atoms. The molecule has 0 aromatic carbocycles. The number of hydrogen-bond donors (Lipinski definition) is 1. The zero-order chi connectivity index (χ0) is 10.7. The summed E-state index contributed by atoms with van der Waals surface area (Å²) in [5.74, 6) is 0.856. The van der Waals surface area contributed by atoms with Crippen molar-refractivity contribution in [1.82, 2.24) is 10.2 Å². The largest absolute Gasteiger partial charge is 0.314 e. The molecule has 15 heavy (non-hydrogen) atoms. The van der Waals surface area contributed by atoms with Crippen molar-refractivity contribution in [3.63, 3.8) is 0 Å². The minimum atomic E-state index is 0.0995. The average Bonchev–Trinajstić information content (AvgIpc) is 2.82. The molecule has 0 amide bonds. The molecule has 2 saturated heterocycles. The van der Waals surface area contributed by atoms with Crippen LogP contribution in [0.15, 0.2) is 0 Å². The van der Waals surface area contributed by atoms with E-state index in [1.165, 1.54) is 32.2 Å². The fraction of sp³-hybridized carbons (Fsp3) is 0.917. The number of likely N-dealkylation sites (tertiary alicyclic amines) is 1. The molecule has 0 aliphatic carbocycles. The van der Waals surface area contributed by atoms with Gasteiger partial charge < -0.3 is 5.32 Å². The summed E-state index contributed by atoms with van der Waals surface area (Å²) in [6.07, 6.45) is 5.24. The molecule has 3 nitrogen and oxygen atoms in total. The third-order valence-corrected chi connectivity index (χ3v) is 3.98. The van der Waals surface area contributed by atoms with E-state index in [4.69, 9.17) is 5.26 Å². The van der Waals surface area contributed by atoms with Gasteiger partial charge in [-0.05, 0) is 58.2 Å². The molecule has 2 atom stereocenters. The van der Waals surface area contributed by atoms with Crippen LogP contribution >= 0.6 is 0 Å². The predicted octanol–water partition coefficient (Wildman–Crippen LogP) is 1.36. The topological polar surface area (TPSA) is 39.1 Å². The van der Waals surface area contributed by atoms with Gasteiger partial charge in [0, 0.05) is 6.04 Å². The molecule has 1 N–H and O–H groups in total. The molecule has 0 aromatic heterocycles. The quantitative estimate of drug-likeness (QED) is 0.743. The van der Waals surface area contributed by atoms with Crippen molar-refractivity contribution < 1.29 is 0 Å². The first-order valence-corrected chi connectivity index (χ1v) is 6.18. The van der Waals surface area contributed by atoms with Gasteiger partial charge in [0.25, 0.3) is 0 Å². The fourth-order valence-electron chi connectivity index (χ4n) is 2.90. The van der Waals surface area contributed by atoms with Gasteiger partial charge in [-0.2, -0.15) is 5.26 Å². The standard InChI is InChI=1S/C12H21N3/c1-10(9-13)15-7-4-11(5-8-15)12-3-2-6-14-12/h10-12,14H,2-8H2,1H3. The highest BCUT2D eigenvalue weighted by atomic mass is 15.2. The number of nitrogens with zero attached hydrogens (tertiary/aromatic N) is 2. The van der Waals surface area contributed by atoms with E-state index in [1.807, 2.05) is 6.92 Å². The summed E-state index contributed by atoms with van der Waals surface area (Å²) in [5, 5.41) is 12.5. The Bertz CT molecular complexity index is 232. The van der Waals surface area contributed by atoms with E-state index in [2.05, 4.69) is 16.3 Å². The molecule has 2 aliphatic heterocycles. The summed E-state index contributed by atoms with van der Waals surface area (Å²) in [6, 6.07) is 3.20.